The Balaban J connectivity index is 2.68. The lowest BCUT2D eigenvalue weighted by atomic mass is 10.1. The van der Waals surface area contributed by atoms with Gasteiger partial charge in [0.1, 0.15) is 0 Å². The molecule has 1 N–H and O–H groups in total. The fourth-order valence-electron chi connectivity index (χ4n) is 2.08. The average Bonchev–Trinajstić information content (AvgIpc) is 2.34. The minimum Gasteiger partial charge on any atom is -0.481 e. The zero-order valence-electron chi connectivity index (χ0n) is 12.1. The molecule has 106 valence electrons. The van der Waals surface area contributed by atoms with E-state index < -0.39 is 5.97 Å². The van der Waals surface area contributed by atoms with Gasteiger partial charge in [-0.25, -0.2) is 0 Å². The molecule has 0 fully saturated rings. The highest BCUT2D eigenvalue weighted by atomic mass is 16.4. The maximum Gasteiger partial charge on any atom is 0.305 e. The molecule has 0 spiro atoms. The minimum absolute atomic E-state index is 0.177. The summed E-state index contributed by atoms with van der Waals surface area (Å²) in [5.74, 6) is -0.744. The van der Waals surface area contributed by atoms with E-state index in [0.717, 1.165) is 25.2 Å². The van der Waals surface area contributed by atoms with Crippen molar-refractivity contribution in [2.75, 3.05) is 38.6 Å². The van der Waals surface area contributed by atoms with Crippen LogP contribution in [-0.4, -0.2) is 49.7 Å². The summed E-state index contributed by atoms with van der Waals surface area (Å²) in [5, 5.41) is 8.86. The highest BCUT2D eigenvalue weighted by molar-refractivity contribution is 5.68. The Morgan fingerprint density at radius 2 is 1.84 bits per heavy atom. The summed E-state index contributed by atoms with van der Waals surface area (Å²) in [6.07, 6.45) is 1.21. The van der Waals surface area contributed by atoms with Gasteiger partial charge < -0.3 is 14.9 Å². The van der Waals surface area contributed by atoms with Crippen molar-refractivity contribution in [2.45, 2.75) is 19.8 Å². The number of hydrogen-bond donors (Lipinski definition) is 1. The number of rotatable bonds is 8. The van der Waals surface area contributed by atoms with Gasteiger partial charge in [0.15, 0.2) is 0 Å². The SMILES string of the molecule is Cc1ccccc1N(CCCN(C)C)CCC(=O)O. The Labute approximate surface area is 115 Å². The average molecular weight is 264 g/mol. The second-order valence-corrected chi connectivity index (χ2v) is 5.07. The summed E-state index contributed by atoms with van der Waals surface area (Å²) in [6.45, 7) is 4.52. The molecular formula is C15H24N2O2. The summed E-state index contributed by atoms with van der Waals surface area (Å²) in [7, 11) is 4.10. The van der Waals surface area contributed by atoms with Crippen molar-refractivity contribution in [3.63, 3.8) is 0 Å². The standard InChI is InChI=1S/C15H24N2O2/c1-13-7-4-5-8-14(13)17(12-9-15(18)19)11-6-10-16(2)3/h4-5,7-8H,6,9-12H2,1-3H3,(H,18,19). The molecule has 19 heavy (non-hydrogen) atoms. The van der Waals surface area contributed by atoms with Crippen LogP contribution < -0.4 is 4.90 Å². The first-order chi connectivity index (χ1) is 9.00. The number of aryl methyl sites for hydroxylation is 1. The topological polar surface area (TPSA) is 43.8 Å². The maximum absolute atomic E-state index is 10.8. The van der Waals surface area contributed by atoms with Crippen molar-refractivity contribution < 1.29 is 9.90 Å². The van der Waals surface area contributed by atoms with Gasteiger partial charge in [0.25, 0.3) is 0 Å². The number of benzene rings is 1. The minimum atomic E-state index is -0.744. The molecule has 4 heteroatoms. The zero-order valence-corrected chi connectivity index (χ0v) is 12.1. The monoisotopic (exact) mass is 264 g/mol. The predicted molar refractivity (Wildman–Crippen MR) is 78.8 cm³/mol. The van der Waals surface area contributed by atoms with Gasteiger partial charge in [0, 0.05) is 18.8 Å². The highest BCUT2D eigenvalue weighted by Gasteiger charge is 2.10. The van der Waals surface area contributed by atoms with Crippen LogP contribution in [0, 0.1) is 6.92 Å². The number of hydrogen-bond acceptors (Lipinski definition) is 3. The lowest BCUT2D eigenvalue weighted by molar-refractivity contribution is -0.136. The smallest absolute Gasteiger partial charge is 0.305 e. The van der Waals surface area contributed by atoms with Crippen molar-refractivity contribution in [1.82, 2.24) is 4.90 Å². The van der Waals surface area contributed by atoms with Crippen LogP contribution in [0.2, 0.25) is 0 Å². The van der Waals surface area contributed by atoms with Crippen molar-refractivity contribution >= 4 is 11.7 Å². The predicted octanol–water partition coefficient (Wildman–Crippen LogP) is 2.23. The molecule has 0 aromatic heterocycles. The lowest BCUT2D eigenvalue weighted by Gasteiger charge is -2.26. The molecule has 4 nitrogen and oxygen atoms in total. The molecule has 0 radical (unpaired) electrons. The fourth-order valence-corrected chi connectivity index (χ4v) is 2.08. The van der Waals surface area contributed by atoms with E-state index in [1.165, 1.54) is 5.56 Å². The molecule has 1 aromatic carbocycles. The number of anilines is 1. The normalized spacial score (nSPS) is 10.7. The third-order valence-electron chi connectivity index (χ3n) is 3.09. The van der Waals surface area contributed by atoms with Gasteiger partial charge in [0.05, 0.1) is 6.42 Å². The molecule has 0 amide bonds. The van der Waals surface area contributed by atoms with Crippen molar-refractivity contribution in [1.29, 1.82) is 0 Å². The largest absolute Gasteiger partial charge is 0.481 e. The van der Waals surface area contributed by atoms with Crippen LogP contribution >= 0.6 is 0 Å². The van der Waals surface area contributed by atoms with E-state index in [-0.39, 0.29) is 6.42 Å². The first kappa shape index (κ1) is 15.5. The molecule has 0 aliphatic heterocycles. The molecule has 0 heterocycles. The van der Waals surface area contributed by atoms with Gasteiger partial charge in [-0.15, -0.1) is 0 Å². The lowest BCUT2D eigenvalue weighted by Crippen LogP contribution is -2.30. The van der Waals surface area contributed by atoms with Gasteiger partial charge >= 0.3 is 5.97 Å². The summed E-state index contributed by atoms with van der Waals surface area (Å²) in [5.41, 5.74) is 2.33. The third-order valence-corrected chi connectivity index (χ3v) is 3.09. The summed E-state index contributed by atoms with van der Waals surface area (Å²) in [6, 6.07) is 8.14. The van der Waals surface area contributed by atoms with E-state index >= 15 is 0 Å². The zero-order chi connectivity index (χ0) is 14.3. The first-order valence-electron chi connectivity index (χ1n) is 6.68. The molecule has 0 saturated carbocycles. The van der Waals surface area contributed by atoms with Crippen molar-refractivity contribution in [2.24, 2.45) is 0 Å². The Morgan fingerprint density at radius 1 is 1.16 bits per heavy atom. The number of carboxylic acid groups (broad SMARTS) is 1. The molecule has 0 unspecified atom stereocenters. The molecule has 1 rings (SSSR count). The Bertz CT molecular complexity index is 405. The van der Waals surface area contributed by atoms with E-state index in [4.69, 9.17) is 5.11 Å². The third kappa shape index (κ3) is 5.75. The fraction of sp³-hybridized carbons (Fsp3) is 0.533. The van der Waals surface area contributed by atoms with E-state index in [1.54, 1.807) is 0 Å². The quantitative estimate of drug-likeness (QED) is 0.782. The Hall–Kier alpha value is -1.55. The number of carboxylic acids is 1. The first-order valence-corrected chi connectivity index (χ1v) is 6.68. The molecule has 0 bridgehead atoms. The molecule has 0 aliphatic carbocycles. The summed E-state index contributed by atoms with van der Waals surface area (Å²) < 4.78 is 0. The van der Waals surface area contributed by atoms with Crippen LogP contribution in [0.5, 0.6) is 0 Å². The van der Waals surface area contributed by atoms with Gasteiger partial charge in [-0.3, -0.25) is 4.79 Å². The molecule has 0 saturated heterocycles. The van der Waals surface area contributed by atoms with E-state index in [9.17, 15) is 4.79 Å². The summed E-state index contributed by atoms with van der Waals surface area (Å²) in [4.78, 5) is 15.1. The second kappa shape index (κ2) is 7.79. The molecule has 0 aliphatic rings. The van der Waals surface area contributed by atoms with Crippen LogP contribution in [0.1, 0.15) is 18.4 Å². The molecular weight excluding hydrogens is 240 g/mol. The second-order valence-electron chi connectivity index (χ2n) is 5.07. The number of carbonyl (C=O) groups is 1. The van der Waals surface area contributed by atoms with Crippen LogP contribution in [0.15, 0.2) is 24.3 Å². The van der Waals surface area contributed by atoms with Crippen LogP contribution in [0.25, 0.3) is 0 Å². The van der Waals surface area contributed by atoms with Gasteiger partial charge in [-0.05, 0) is 45.6 Å². The van der Waals surface area contributed by atoms with Crippen molar-refractivity contribution in [3.8, 4) is 0 Å². The Morgan fingerprint density at radius 3 is 2.42 bits per heavy atom. The number of aliphatic carboxylic acids is 1. The Kier molecular flexibility index (Phi) is 6.36. The van der Waals surface area contributed by atoms with Crippen LogP contribution in [0.4, 0.5) is 5.69 Å². The maximum atomic E-state index is 10.8. The number of para-hydroxylation sites is 1. The van der Waals surface area contributed by atoms with E-state index in [1.807, 2.05) is 12.1 Å². The molecule has 0 atom stereocenters. The van der Waals surface area contributed by atoms with Crippen LogP contribution in [0.3, 0.4) is 0 Å². The van der Waals surface area contributed by atoms with Crippen LogP contribution in [-0.2, 0) is 4.79 Å². The van der Waals surface area contributed by atoms with E-state index in [2.05, 4.69) is 43.0 Å². The summed E-state index contributed by atoms with van der Waals surface area (Å²) >= 11 is 0. The highest BCUT2D eigenvalue weighted by Crippen LogP contribution is 2.19. The van der Waals surface area contributed by atoms with Gasteiger partial charge in [-0.2, -0.15) is 0 Å². The van der Waals surface area contributed by atoms with Gasteiger partial charge in [-0.1, -0.05) is 18.2 Å². The van der Waals surface area contributed by atoms with Crippen molar-refractivity contribution in [3.05, 3.63) is 29.8 Å². The molecule has 1 aromatic rings. The number of nitrogens with zero attached hydrogens (tertiary/aromatic N) is 2. The van der Waals surface area contributed by atoms with E-state index in [0.29, 0.717) is 6.54 Å². The van der Waals surface area contributed by atoms with Gasteiger partial charge in [0.2, 0.25) is 0 Å².